The quantitative estimate of drug-likeness (QED) is 0.366. The molecule has 0 unspecified atom stereocenters. The second-order valence-electron chi connectivity index (χ2n) is 0.274. The molecule has 0 bridgehead atoms. The molecule has 0 fully saturated rings. The van der Waals surface area contributed by atoms with E-state index in [2.05, 4.69) is 9.85 Å². The van der Waals surface area contributed by atoms with Crippen LogP contribution in [0.25, 0.3) is 5.01 Å². The number of hydrogen-bond acceptors (Lipinski definition) is 1. The first kappa shape index (κ1) is 8.87. The summed E-state index contributed by atoms with van der Waals surface area (Å²) in [5.74, 6) is 0. The van der Waals surface area contributed by atoms with Crippen molar-refractivity contribution in [3.8, 4) is 0 Å². The summed E-state index contributed by atoms with van der Waals surface area (Å²) in [6.45, 7) is 5.85. The maximum absolute atomic E-state index is 5.85. The maximum atomic E-state index is 5.85. The number of rotatable bonds is 0. The Balaban J connectivity index is 0. The van der Waals surface area contributed by atoms with Gasteiger partial charge in [-0.15, -0.1) is 0 Å². The van der Waals surface area contributed by atoms with Crippen LogP contribution in [0.4, 0.5) is 0 Å². The molecular formula is C2H3NOTc. The molecule has 0 rings (SSSR count). The maximum Gasteiger partial charge on any atom is 0.164 e. The molecule has 0 aliphatic carbocycles. The monoisotopic (exact) mass is 154 g/mol. The van der Waals surface area contributed by atoms with Crippen molar-refractivity contribution in [1.29, 1.82) is 0 Å². The average molecular weight is 155 g/mol. The van der Waals surface area contributed by atoms with Gasteiger partial charge in [-0.25, -0.2) is 4.84 Å². The third-order valence-corrected chi connectivity index (χ3v) is 0.0913. The minimum absolute atomic E-state index is 0. The van der Waals surface area contributed by atoms with E-state index in [1.807, 2.05) is 0 Å². The second kappa shape index (κ2) is 9.05. The summed E-state index contributed by atoms with van der Waals surface area (Å²) in [6.07, 6.45) is 0. The third-order valence-electron chi connectivity index (χ3n) is 0.0913. The summed E-state index contributed by atoms with van der Waals surface area (Å²) in [6, 6.07) is 0. The van der Waals surface area contributed by atoms with Crippen LogP contribution in [-0.2, 0) is 24.9 Å². The topological polar surface area (TPSA) is 13.6 Å². The van der Waals surface area contributed by atoms with Gasteiger partial charge in [0.1, 0.15) is 0 Å². The van der Waals surface area contributed by atoms with Crippen LogP contribution in [0.2, 0.25) is 0 Å². The Hall–Kier alpha value is -0.0606. The van der Waals surface area contributed by atoms with E-state index < -0.39 is 0 Å². The summed E-state index contributed by atoms with van der Waals surface area (Å²) >= 11 is 0. The zero-order chi connectivity index (χ0) is 3.41. The molecule has 0 aromatic rings. The zero-order valence-electron chi connectivity index (χ0n) is 2.73. The van der Waals surface area contributed by atoms with E-state index in [0.717, 1.165) is 0 Å². The Kier molecular flexibility index (Phi) is 16.1. The van der Waals surface area contributed by atoms with Gasteiger partial charge in [-0.1, -0.05) is 0 Å². The Morgan fingerprint density at radius 1 is 1.80 bits per heavy atom. The minimum atomic E-state index is 0. The molecular weight excluding hydrogens is 152 g/mol. The first-order valence-corrected chi connectivity index (χ1v) is 0.814. The van der Waals surface area contributed by atoms with Crippen molar-refractivity contribution in [2.45, 2.75) is 0 Å². The molecule has 0 heterocycles. The van der Waals surface area contributed by atoms with Gasteiger partial charge in [0.2, 0.25) is 0 Å². The van der Waals surface area contributed by atoms with Gasteiger partial charge in [0.25, 0.3) is 0 Å². The largest absolute Gasteiger partial charge is 0.203 e. The van der Waals surface area contributed by atoms with Crippen molar-refractivity contribution < 1.29 is 24.9 Å². The van der Waals surface area contributed by atoms with Gasteiger partial charge in [0, 0.05) is 20.1 Å². The standard InChI is InChI=1S/C2H3NO.Tc/c1-3-4-2;/h2H3;. The Bertz CT molecular complexity index is 39.4. The molecule has 1 radical (unpaired) electrons. The molecule has 0 atom stereocenters. The van der Waals surface area contributed by atoms with Crippen LogP contribution in [0.3, 0.4) is 0 Å². The fraction of sp³-hybridized carbons (Fsp3) is 0.500. The number of nitrogens with zero attached hydrogens (tertiary/aromatic N) is 1. The summed E-state index contributed by atoms with van der Waals surface area (Å²) in [7, 11) is 1.33. The van der Waals surface area contributed by atoms with Gasteiger partial charge in [-0.05, 0) is 5.01 Å². The third kappa shape index (κ3) is 16.8. The van der Waals surface area contributed by atoms with Crippen LogP contribution in [0, 0.1) is 6.57 Å². The van der Waals surface area contributed by atoms with E-state index in [9.17, 15) is 0 Å². The average Bonchev–Trinajstić information content (AvgIpc) is 1.37. The SMILES string of the molecule is [C-]#[N+]OC.[Tc]. The van der Waals surface area contributed by atoms with E-state index >= 15 is 0 Å². The fourth-order valence-electron chi connectivity index (χ4n) is 0. The van der Waals surface area contributed by atoms with E-state index in [1.54, 1.807) is 0 Å². The summed E-state index contributed by atoms with van der Waals surface area (Å²) in [5, 5.41) is 2.49. The Labute approximate surface area is 44.3 Å². The van der Waals surface area contributed by atoms with Crippen molar-refractivity contribution in [2.24, 2.45) is 0 Å². The molecule has 0 saturated carbocycles. The minimum Gasteiger partial charge on any atom is -0.203 e. The van der Waals surface area contributed by atoms with E-state index in [1.165, 1.54) is 7.11 Å². The van der Waals surface area contributed by atoms with Crippen LogP contribution in [0.5, 0.6) is 0 Å². The van der Waals surface area contributed by atoms with E-state index in [0.29, 0.717) is 0 Å². The first-order valence-electron chi connectivity index (χ1n) is 0.814. The van der Waals surface area contributed by atoms with Crippen molar-refractivity contribution in [3.63, 3.8) is 0 Å². The molecule has 0 aromatic heterocycles. The van der Waals surface area contributed by atoms with Crippen LogP contribution in [-0.4, -0.2) is 7.11 Å². The van der Waals surface area contributed by atoms with Gasteiger partial charge >= 0.3 is 0 Å². The fourth-order valence-corrected chi connectivity index (χ4v) is 0. The van der Waals surface area contributed by atoms with Gasteiger partial charge in [0.15, 0.2) is 7.11 Å². The Morgan fingerprint density at radius 2 is 2.00 bits per heavy atom. The smallest absolute Gasteiger partial charge is 0.164 e. The normalized spacial score (nSPS) is 3.20. The van der Waals surface area contributed by atoms with E-state index in [-0.39, 0.29) is 20.1 Å². The van der Waals surface area contributed by atoms with Crippen LogP contribution in [0.1, 0.15) is 0 Å². The molecule has 3 heteroatoms. The van der Waals surface area contributed by atoms with Crippen LogP contribution >= 0.6 is 0 Å². The molecule has 29 valence electrons. The molecule has 0 N–H and O–H groups in total. The second-order valence-corrected chi connectivity index (χ2v) is 0.274. The van der Waals surface area contributed by atoms with Crippen molar-refractivity contribution in [2.75, 3.05) is 7.11 Å². The van der Waals surface area contributed by atoms with Crippen molar-refractivity contribution in [1.82, 2.24) is 0 Å². The number of hydrogen-bond donors (Lipinski definition) is 0. The van der Waals surface area contributed by atoms with E-state index in [4.69, 9.17) is 6.57 Å². The molecule has 0 aliphatic heterocycles. The molecule has 0 amide bonds. The summed E-state index contributed by atoms with van der Waals surface area (Å²) in [5.41, 5.74) is 0. The first-order chi connectivity index (χ1) is 1.91. The van der Waals surface area contributed by atoms with Gasteiger partial charge in [-0.3, -0.25) is 0 Å². The molecule has 0 spiro atoms. The van der Waals surface area contributed by atoms with Gasteiger partial charge < -0.3 is 0 Å². The van der Waals surface area contributed by atoms with Crippen molar-refractivity contribution in [3.05, 3.63) is 11.6 Å². The van der Waals surface area contributed by atoms with Crippen LogP contribution < -0.4 is 0 Å². The molecule has 0 saturated heterocycles. The van der Waals surface area contributed by atoms with Gasteiger partial charge in [-0.2, -0.15) is 6.57 Å². The summed E-state index contributed by atoms with van der Waals surface area (Å²) < 4.78 is 0. The van der Waals surface area contributed by atoms with Crippen molar-refractivity contribution >= 4 is 0 Å². The zero-order valence-corrected chi connectivity index (χ0v) is 4.59. The Morgan fingerprint density at radius 3 is 2.00 bits per heavy atom. The molecule has 0 aliphatic rings. The summed E-state index contributed by atoms with van der Waals surface area (Å²) in [4.78, 5) is 3.83. The predicted octanol–water partition coefficient (Wildman–Crippen LogP) is 0.465. The molecule has 2 nitrogen and oxygen atoms in total. The molecule has 5 heavy (non-hydrogen) atoms. The van der Waals surface area contributed by atoms with Crippen LogP contribution in [0.15, 0.2) is 0 Å². The molecule has 0 aromatic carbocycles. The predicted molar refractivity (Wildman–Crippen MR) is 13.6 cm³/mol. The van der Waals surface area contributed by atoms with Gasteiger partial charge in [0.05, 0.1) is 0 Å².